The van der Waals surface area contributed by atoms with Crippen molar-refractivity contribution in [1.29, 1.82) is 0 Å². The molecular formula is C14H25N5. The number of rotatable bonds is 5. The zero-order chi connectivity index (χ0) is 13.7. The van der Waals surface area contributed by atoms with Crippen molar-refractivity contribution in [3.63, 3.8) is 0 Å². The van der Waals surface area contributed by atoms with Gasteiger partial charge >= 0.3 is 0 Å². The average molecular weight is 263 g/mol. The van der Waals surface area contributed by atoms with E-state index >= 15 is 0 Å². The molecule has 2 rings (SSSR count). The summed E-state index contributed by atoms with van der Waals surface area (Å²) in [5.41, 5.74) is 0. The van der Waals surface area contributed by atoms with Crippen LogP contribution in [0.1, 0.15) is 33.1 Å². The van der Waals surface area contributed by atoms with E-state index in [0.29, 0.717) is 12.1 Å². The number of aromatic nitrogens is 2. The lowest BCUT2D eigenvalue weighted by Gasteiger charge is -2.25. The third-order valence-corrected chi connectivity index (χ3v) is 3.73. The normalized spacial score (nSPS) is 19.5. The summed E-state index contributed by atoms with van der Waals surface area (Å²) in [6.45, 7) is 6.38. The monoisotopic (exact) mass is 263 g/mol. The van der Waals surface area contributed by atoms with Crippen LogP contribution < -0.4 is 15.5 Å². The highest BCUT2D eigenvalue weighted by Crippen LogP contribution is 2.15. The van der Waals surface area contributed by atoms with Crippen LogP contribution in [0.15, 0.2) is 12.4 Å². The molecule has 1 aromatic heterocycles. The van der Waals surface area contributed by atoms with Gasteiger partial charge in [-0.05, 0) is 33.2 Å². The summed E-state index contributed by atoms with van der Waals surface area (Å²) < 4.78 is 0. The van der Waals surface area contributed by atoms with Crippen LogP contribution in [-0.2, 0) is 0 Å². The Labute approximate surface area is 115 Å². The largest absolute Gasteiger partial charge is 0.368 e. The van der Waals surface area contributed by atoms with Gasteiger partial charge in [-0.1, -0.05) is 6.42 Å². The first-order valence-electron chi connectivity index (χ1n) is 7.19. The van der Waals surface area contributed by atoms with Gasteiger partial charge in [0.2, 0.25) is 0 Å². The molecule has 1 saturated heterocycles. The van der Waals surface area contributed by atoms with E-state index in [9.17, 15) is 0 Å². The zero-order valence-corrected chi connectivity index (χ0v) is 12.2. The van der Waals surface area contributed by atoms with Gasteiger partial charge in [-0.25, -0.2) is 9.97 Å². The zero-order valence-electron chi connectivity index (χ0n) is 12.2. The lowest BCUT2D eigenvalue weighted by atomic mass is 10.1. The summed E-state index contributed by atoms with van der Waals surface area (Å²) in [7, 11) is 2.06. The van der Waals surface area contributed by atoms with E-state index < -0.39 is 0 Å². The van der Waals surface area contributed by atoms with Crippen molar-refractivity contribution in [1.82, 2.24) is 15.3 Å². The van der Waals surface area contributed by atoms with Crippen LogP contribution in [0.25, 0.3) is 0 Å². The van der Waals surface area contributed by atoms with Gasteiger partial charge in [0, 0.05) is 31.7 Å². The third kappa shape index (κ3) is 4.06. The Balaban J connectivity index is 1.91. The average Bonchev–Trinajstić information content (AvgIpc) is 2.45. The maximum Gasteiger partial charge on any atom is 0.134 e. The summed E-state index contributed by atoms with van der Waals surface area (Å²) in [6.07, 6.45) is 5.50. The SMILES string of the molecule is CC(C)N(C)c1cc(NCC2CCCCN2)ncn1. The van der Waals surface area contributed by atoms with Gasteiger partial charge in [0.15, 0.2) is 0 Å². The predicted octanol–water partition coefficient (Wildman–Crippen LogP) is 1.88. The molecular weight excluding hydrogens is 238 g/mol. The molecule has 106 valence electrons. The van der Waals surface area contributed by atoms with Crippen molar-refractivity contribution in [3.8, 4) is 0 Å². The molecule has 0 bridgehead atoms. The van der Waals surface area contributed by atoms with E-state index in [2.05, 4.69) is 46.4 Å². The second kappa shape index (κ2) is 6.70. The highest BCUT2D eigenvalue weighted by Gasteiger charge is 2.13. The van der Waals surface area contributed by atoms with Gasteiger partial charge in [-0.15, -0.1) is 0 Å². The van der Waals surface area contributed by atoms with Crippen molar-refractivity contribution in [2.75, 3.05) is 30.4 Å². The molecule has 5 nitrogen and oxygen atoms in total. The van der Waals surface area contributed by atoms with Crippen molar-refractivity contribution in [2.45, 2.75) is 45.2 Å². The highest BCUT2D eigenvalue weighted by molar-refractivity contribution is 5.48. The lowest BCUT2D eigenvalue weighted by Crippen LogP contribution is -2.39. The number of nitrogens with one attached hydrogen (secondary N) is 2. The Bertz CT molecular complexity index is 387. The number of anilines is 2. The second-order valence-electron chi connectivity index (χ2n) is 5.49. The lowest BCUT2D eigenvalue weighted by molar-refractivity contribution is 0.414. The molecule has 0 aliphatic carbocycles. The highest BCUT2D eigenvalue weighted by atomic mass is 15.2. The molecule has 0 radical (unpaired) electrons. The van der Waals surface area contributed by atoms with Crippen LogP contribution in [-0.4, -0.2) is 42.2 Å². The van der Waals surface area contributed by atoms with Gasteiger partial charge < -0.3 is 15.5 Å². The van der Waals surface area contributed by atoms with Crippen LogP contribution in [0.2, 0.25) is 0 Å². The first-order chi connectivity index (χ1) is 9.16. The van der Waals surface area contributed by atoms with Crippen LogP contribution in [0.5, 0.6) is 0 Å². The van der Waals surface area contributed by atoms with Crippen LogP contribution in [0.3, 0.4) is 0 Å². The number of nitrogens with zero attached hydrogens (tertiary/aromatic N) is 3. The van der Waals surface area contributed by atoms with Crippen molar-refractivity contribution < 1.29 is 0 Å². The Morgan fingerprint density at radius 3 is 2.95 bits per heavy atom. The van der Waals surface area contributed by atoms with Gasteiger partial charge in [0.05, 0.1) is 0 Å². The molecule has 5 heteroatoms. The van der Waals surface area contributed by atoms with Gasteiger partial charge in [-0.2, -0.15) is 0 Å². The number of piperidine rings is 1. The molecule has 1 atom stereocenters. The molecule has 2 N–H and O–H groups in total. The minimum atomic E-state index is 0.433. The summed E-state index contributed by atoms with van der Waals surface area (Å²) >= 11 is 0. The molecule has 0 amide bonds. The summed E-state index contributed by atoms with van der Waals surface area (Å²) in [4.78, 5) is 10.7. The maximum absolute atomic E-state index is 4.31. The summed E-state index contributed by atoms with van der Waals surface area (Å²) in [6, 6.07) is 3.01. The molecule has 2 heterocycles. The number of hydrogen-bond acceptors (Lipinski definition) is 5. The molecule has 0 saturated carbocycles. The van der Waals surface area contributed by atoms with Crippen molar-refractivity contribution in [3.05, 3.63) is 12.4 Å². The predicted molar refractivity (Wildman–Crippen MR) is 79.7 cm³/mol. The summed E-state index contributed by atoms with van der Waals surface area (Å²) in [5, 5.41) is 6.94. The quantitative estimate of drug-likeness (QED) is 0.849. The molecule has 1 unspecified atom stereocenters. The summed E-state index contributed by atoms with van der Waals surface area (Å²) in [5.74, 6) is 1.87. The maximum atomic E-state index is 4.31. The molecule has 1 aliphatic rings. The topological polar surface area (TPSA) is 53.1 Å². The van der Waals surface area contributed by atoms with E-state index in [0.717, 1.165) is 24.7 Å². The van der Waals surface area contributed by atoms with Gasteiger partial charge in [0.25, 0.3) is 0 Å². The molecule has 1 aromatic rings. The van der Waals surface area contributed by atoms with E-state index in [1.807, 2.05) is 6.07 Å². The van der Waals surface area contributed by atoms with Crippen molar-refractivity contribution in [2.24, 2.45) is 0 Å². The van der Waals surface area contributed by atoms with Crippen molar-refractivity contribution >= 4 is 11.6 Å². The van der Waals surface area contributed by atoms with E-state index in [-0.39, 0.29) is 0 Å². The minimum absolute atomic E-state index is 0.433. The first kappa shape index (κ1) is 14.1. The Morgan fingerprint density at radius 2 is 2.26 bits per heavy atom. The fraction of sp³-hybridized carbons (Fsp3) is 0.714. The molecule has 19 heavy (non-hydrogen) atoms. The Morgan fingerprint density at radius 1 is 1.42 bits per heavy atom. The number of hydrogen-bond donors (Lipinski definition) is 2. The van der Waals surface area contributed by atoms with E-state index in [1.54, 1.807) is 6.33 Å². The molecule has 0 aromatic carbocycles. The second-order valence-corrected chi connectivity index (χ2v) is 5.49. The van der Waals surface area contributed by atoms with E-state index in [1.165, 1.54) is 19.3 Å². The minimum Gasteiger partial charge on any atom is -0.368 e. The third-order valence-electron chi connectivity index (χ3n) is 3.73. The van der Waals surface area contributed by atoms with Gasteiger partial charge in [0.1, 0.15) is 18.0 Å². The Kier molecular flexibility index (Phi) is 4.96. The fourth-order valence-electron chi connectivity index (χ4n) is 2.23. The molecule has 1 fully saturated rings. The molecule has 0 spiro atoms. The first-order valence-corrected chi connectivity index (χ1v) is 7.19. The van der Waals surface area contributed by atoms with Crippen LogP contribution >= 0.6 is 0 Å². The van der Waals surface area contributed by atoms with Gasteiger partial charge in [-0.3, -0.25) is 0 Å². The molecule has 1 aliphatic heterocycles. The fourth-order valence-corrected chi connectivity index (χ4v) is 2.23. The van der Waals surface area contributed by atoms with E-state index in [4.69, 9.17) is 0 Å². The van der Waals surface area contributed by atoms with Crippen LogP contribution in [0.4, 0.5) is 11.6 Å². The van der Waals surface area contributed by atoms with Crippen LogP contribution in [0, 0.1) is 0 Å². The standard InChI is InChI=1S/C14H25N5/c1-11(2)19(3)14-8-13(17-10-18-14)16-9-12-6-4-5-7-15-12/h8,10-12,15H,4-7,9H2,1-3H3,(H,16,17,18). The Hall–Kier alpha value is -1.36. The smallest absolute Gasteiger partial charge is 0.134 e.